The minimum absolute atomic E-state index is 0.0346. The van der Waals surface area contributed by atoms with Crippen molar-refractivity contribution in [2.75, 3.05) is 13.2 Å². The van der Waals surface area contributed by atoms with E-state index in [2.05, 4.69) is 5.32 Å². The Bertz CT molecular complexity index is 301. The Morgan fingerprint density at radius 1 is 1.39 bits per heavy atom. The number of hydrogen-bond donors (Lipinski definition) is 2. The number of aliphatic hydroxyl groups excluding tert-OH is 1. The molecule has 2 amide bonds. The number of nitrogens with one attached hydrogen (secondary N) is 1. The molecular weight excluding hydrogens is 232 g/mol. The molecule has 0 aromatic rings. The van der Waals surface area contributed by atoms with Crippen LogP contribution < -0.4 is 5.32 Å². The van der Waals surface area contributed by atoms with Gasteiger partial charge in [-0.1, -0.05) is 13.8 Å². The van der Waals surface area contributed by atoms with Gasteiger partial charge < -0.3 is 15.3 Å². The summed E-state index contributed by atoms with van der Waals surface area (Å²) in [5.74, 6) is -0.221. The smallest absolute Gasteiger partial charge is 0.245 e. The van der Waals surface area contributed by atoms with Crippen LogP contribution in [-0.2, 0) is 9.59 Å². The Morgan fingerprint density at radius 3 is 2.33 bits per heavy atom. The van der Waals surface area contributed by atoms with Crippen LogP contribution in [0.2, 0.25) is 0 Å². The monoisotopic (exact) mass is 256 g/mol. The van der Waals surface area contributed by atoms with Gasteiger partial charge >= 0.3 is 0 Å². The number of hydrogen-bond acceptors (Lipinski definition) is 3. The van der Waals surface area contributed by atoms with E-state index in [0.29, 0.717) is 6.54 Å². The molecule has 104 valence electrons. The van der Waals surface area contributed by atoms with Gasteiger partial charge in [-0.2, -0.15) is 0 Å². The highest BCUT2D eigenvalue weighted by Crippen LogP contribution is 2.25. The fourth-order valence-corrected chi connectivity index (χ4v) is 2.19. The van der Waals surface area contributed by atoms with Gasteiger partial charge in [0, 0.05) is 19.5 Å². The Morgan fingerprint density at radius 2 is 2.00 bits per heavy atom. The topological polar surface area (TPSA) is 69.6 Å². The van der Waals surface area contributed by atoms with E-state index in [-0.39, 0.29) is 30.4 Å². The van der Waals surface area contributed by atoms with Gasteiger partial charge in [-0.25, -0.2) is 0 Å². The van der Waals surface area contributed by atoms with Gasteiger partial charge in [-0.05, 0) is 25.2 Å². The van der Waals surface area contributed by atoms with Crippen LogP contribution in [0.3, 0.4) is 0 Å². The predicted molar refractivity (Wildman–Crippen MR) is 68.9 cm³/mol. The molecule has 5 heteroatoms. The fourth-order valence-electron chi connectivity index (χ4n) is 2.19. The molecule has 1 rings (SSSR count). The van der Waals surface area contributed by atoms with Crippen molar-refractivity contribution in [2.24, 2.45) is 5.92 Å². The molecule has 0 aromatic carbocycles. The summed E-state index contributed by atoms with van der Waals surface area (Å²) in [4.78, 5) is 25.3. The third-order valence-electron chi connectivity index (χ3n) is 3.43. The number of aliphatic hydroxyl groups is 1. The Kier molecular flexibility index (Phi) is 5.59. The first-order valence-corrected chi connectivity index (χ1v) is 6.65. The van der Waals surface area contributed by atoms with Crippen LogP contribution in [0.4, 0.5) is 0 Å². The number of rotatable bonds is 6. The second kappa shape index (κ2) is 6.73. The van der Waals surface area contributed by atoms with Crippen LogP contribution in [-0.4, -0.2) is 47.1 Å². The molecule has 1 saturated carbocycles. The summed E-state index contributed by atoms with van der Waals surface area (Å²) in [6, 6.07) is -0.255. The molecule has 0 spiro atoms. The quantitative estimate of drug-likeness (QED) is 0.728. The van der Waals surface area contributed by atoms with Gasteiger partial charge in [0.1, 0.15) is 6.04 Å². The molecule has 5 nitrogen and oxygen atoms in total. The number of carbonyl (C=O) groups excluding carboxylic acids is 2. The van der Waals surface area contributed by atoms with Gasteiger partial charge in [0.2, 0.25) is 11.8 Å². The van der Waals surface area contributed by atoms with E-state index in [1.54, 1.807) is 4.90 Å². The summed E-state index contributed by atoms with van der Waals surface area (Å²) in [7, 11) is 0. The minimum atomic E-state index is -0.491. The number of amides is 2. The minimum Gasteiger partial charge on any atom is -0.395 e. The van der Waals surface area contributed by atoms with Crippen molar-refractivity contribution in [2.45, 2.75) is 52.1 Å². The molecule has 1 atom stereocenters. The number of nitrogens with zero attached hydrogens (tertiary/aromatic N) is 1. The summed E-state index contributed by atoms with van der Waals surface area (Å²) >= 11 is 0. The van der Waals surface area contributed by atoms with Crippen molar-refractivity contribution in [1.82, 2.24) is 10.2 Å². The lowest BCUT2D eigenvalue weighted by Crippen LogP contribution is -2.55. The van der Waals surface area contributed by atoms with E-state index in [1.165, 1.54) is 6.92 Å². The van der Waals surface area contributed by atoms with E-state index >= 15 is 0 Å². The predicted octanol–water partition coefficient (Wildman–Crippen LogP) is 0.520. The molecule has 1 aliphatic rings. The summed E-state index contributed by atoms with van der Waals surface area (Å²) in [6.07, 6.45) is 3.12. The maximum Gasteiger partial charge on any atom is 0.245 e. The van der Waals surface area contributed by atoms with Crippen LogP contribution >= 0.6 is 0 Å². The van der Waals surface area contributed by atoms with Gasteiger partial charge in [0.15, 0.2) is 0 Å². The van der Waals surface area contributed by atoms with E-state index < -0.39 is 6.04 Å². The highest BCUT2D eigenvalue weighted by molar-refractivity contribution is 5.87. The molecule has 0 radical (unpaired) electrons. The molecule has 0 aliphatic heterocycles. The molecule has 0 heterocycles. The molecule has 1 aliphatic carbocycles. The molecule has 0 saturated heterocycles. The van der Waals surface area contributed by atoms with Crippen LogP contribution in [0, 0.1) is 5.92 Å². The lowest BCUT2D eigenvalue weighted by atomic mass is 9.90. The first kappa shape index (κ1) is 15.0. The maximum atomic E-state index is 12.4. The lowest BCUT2D eigenvalue weighted by molar-refractivity contribution is -0.141. The Hall–Kier alpha value is -1.10. The highest BCUT2D eigenvalue weighted by Gasteiger charge is 2.34. The molecule has 0 aromatic heterocycles. The van der Waals surface area contributed by atoms with Crippen molar-refractivity contribution in [3.63, 3.8) is 0 Å². The third kappa shape index (κ3) is 3.70. The van der Waals surface area contributed by atoms with Crippen molar-refractivity contribution < 1.29 is 14.7 Å². The van der Waals surface area contributed by atoms with Gasteiger partial charge in [-0.3, -0.25) is 9.59 Å². The highest BCUT2D eigenvalue weighted by atomic mass is 16.3. The van der Waals surface area contributed by atoms with Crippen LogP contribution in [0.1, 0.15) is 40.0 Å². The second-order valence-electron chi connectivity index (χ2n) is 5.26. The first-order valence-electron chi connectivity index (χ1n) is 6.65. The molecule has 1 fully saturated rings. The van der Waals surface area contributed by atoms with E-state index in [0.717, 1.165) is 19.3 Å². The van der Waals surface area contributed by atoms with Crippen molar-refractivity contribution in [1.29, 1.82) is 0 Å². The summed E-state index contributed by atoms with van der Waals surface area (Å²) in [6.45, 7) is 5.56. The van der Waals surface area contributed by atoms with E-state index in [1.807, 2.05) is 13.8 Å². The maximum absolute atomic E-state index is 12.4. The zero-order chi connectivity index (χ0) is 13.7. The van der Waals surface area contributed by atoms with Crippen LogP contribution in [0.15, 0.2) is 0 Å². The zero-order valence-corrected chi connectivity index (χ0v) is 11.5. The first-order chi connectivity index (χ1) is 8.47. The average molecular weight is 256 g/mol. The SMILES string of the molecule is CC(=O)NC(C(=O)N(CCO)C1CCC1)C(C)C. The summed E-state index contributed by atoms with van der Waals surface area (Å²) in [5.41, 5.74) is 0. The average Bonchev–Trinajstić information content (AvgIpc) is 2.21. The Balaban J connectivity index is 2.73. The van der Waals surface area contributed by atoms with Gasteiger partial charge in [0.25, 0.3) is 0 Å². The van der Waals surface area contributed by atoms with Crippen molar-refractivity contribution in [3.05, 3.63) is 0 Å². The molecular formula is C13H24N2O3. The van der Waals surface area contributed by atoms with Crippen LogP contribution in [0.25, 0.3) is 0 Å². The molecule has 1 unspecified atom stereocenters. The summed E-state index contributed by atoms with van der Waals surface area (Å²) < 4.78 is 0. The van der Waals surface area contributed by atoms with Gasteiger partial charge in [0.05, 0.1) is 6.61 Å². The van der Waals surface area contributed by atoms with E-state index in [4.69, 9.17) is 5.11 Å². The number of carbonyl (C=O) groups is 2. The van der Waals surface area contributed by atoms with Crippen LogP contribution in [0.5, 0.6) is 0 Å². The second-order valence-corrected chi connectivity index (χ2v) is 5.26. The van der Waals surface area contributed by atoms with Crippen molar-refractivity contribution in [3.8, 4) is 0 Å². The molecule has 0 bridgehead atoms. The standard InChI is InChI=1S/C13H24N2O3/c1-9(2)12(14-10(3)17)13(18)15(7-8-16)11-5-4-6-11/h9,11-12,16H,4-8H2,1-3H3,(H,14,17). The van der Waals surface area contributed by atoms with Crippen molar-refractivity contribution >= 4 is 11.8 Å². The fraction of sp³-hybridized carbons (Fsp3) is 0.846. The lowest BCUT2D eigenvalue weighted by Gasteiger charge is -2.39. The summed E-state index contributed by atoms with van der Waals surface area (Å²) in [5, 5.41) is 11.8. The normalized spacial score (nSPS) is 17.2. The zero-order valence-electron chi connectivity index (χ0n) is 11.5. The Labute approximate surface area is 109 Å². The molecule has 18 heavy (non-hydrogen) atoms. The van der Waals surface area contributed by atoms with Gasteiger partial charge in [-0.15, -0.1) is 0 Å². The van der Waals surface area contributed by atoms with E-state index in [9.17, 15) is 9.59 Å². The third-order valence-corrected chi connectivity index (χ3v) is 3.43. The largest absolute Gasteiger partial charge is 0.395 e. The molecule has 2 N–H and O–H groups in total.